The van der Waals surface area contributed by atoms with Crippen molar-refractivity contribution in [3.63, 3.8) is 0 Å². The number of nitrogens with two attached hydrogens (primary N) is 1. The number of alkyl halides is 3. The van der Waals surface area contributed by atoms with Crippen LogP contribution in [0.1, 0.15) is 11.5 Å². The van der Waals surface area contributed by atoms with Crippen molar-refractivity contribution in [1.82, 2.24) is 0 Å². The van der Waals surface area contributed by atoms with Crippen molar-refractivity contribution in [2.75, 3.05) is 5.01 Å². The lowest BCUT2D eigenvalue weighted by molar-refractivity contribution is -0.0658. The fraction of sp³-hybridized carbons (Fsp3) is 0.200. The summed E-state index contributed by atoms with van der Waals surface area (Å²) in [6.45, 7) is 0. The second kappa shape index (κ2) is 7.42. The molecule has 0 saturated carbocycles. The molecule has 2 heterocycles. The average molecular weight is 453 g/mol. The number of ether oxygens (including phenoxy) is 1. The van der Waals surface area contributed by atoms with E-state index in [1.165, 1.54) is 12.1 Å². The van der Waals surface area contributed by atoms with Crippen LogP contribution in [0.2, 0.25) is 10.0 Å². The number of nitrogens with zero attached hydrogens (tertiary/aromatic N) is 3. The van der Waals surface area contributed by atoms with Crippen LogP contribution >= 0.6 is 23.2 Å². The molecule has 154 valence electrons. The zero-order chi connectivity index (χ0) is 21.6. The van der Waals surface area contributed by atoms with E-state index in [2.05, 4.69) is 5.10 Å². The molecule has 2 N–H and O–H groups in total. The van der Waals surface area contributed by atoms with Crippen molar-refractivity contribution in [3.05, 3.63) is 75.6 Å². The van der Waals surface area contributed by atoms with Gasteiger partial charge in [0.05, 0.1) is 17.2 Å². The van der Waals surface area contributed by atoms with Crippen LogP contribution in [0, 0.1) is 17.2 Å². The van der Waals surface area contributed by atoms with Gasteiger partial charge in [-0.15, -0.1) is 0 Å². The summed E-state index contributed by atoms with van der Waals surface area (Å²) in [4.78, 5) is 0. The number of hydrogen-bond donors (Lipinski definition) is 1. The second-order valence-corrected chi connectivity index (χ2v) is 7.51. The minimum absolute atomic E-state index is 0.119. The van der Waals surface area contributed by atoms with E-state index in [1.54, 1.807) is 36.4 Å². The standard InChI is InChI=1S/C20H13Cl2F3N4O/c21-12-7-4-8-13(22)15(12)14-11(9-26)18(27)30-19-16(14)17(20(23,24)25)28-29(19)10-5-2-1-3-6-10/h1-8,14,16,19H,27H2/t14-,16+,19-/m0/s1. The van der Waals surface area contributed by atoms with Gasteiger partial charge in [0.25, 0.3) is 0 Å². The fourth-order valence-corrected chi connectivity index (χ4v) is 4.42. The monoisotopic (exact) mass is 452 g/mol. The van der Waals surface area contributed by atoms with Gasteiger partial charge < -0.3 is 10.5 Å². The first kappa shape index (κ1) is 20.4. The molecule has 0 radical (unpaired) electrons. The van der Waals surface area contributed by atoms with Crippen molar-refractivity contribution in [2.24, 2.45) is 16.8 Å². The van der Waals surface area contributed by atoms with Gasteiger partial charge >= 0.3 is 6.18 Å². The third-order valence-corrected chi connectivity index (χ3v) is 5.66. The zero-order valence-electron chi connectivity index (χ0n) is 15.1. The first-order valence-electron chi connectivity index (χ1n) is 8.74. The highest BCUT2D eigenvalue weighted by Gasteiger charge is 2.58. The number of fused-ring (bicyclic) bond motifs is 1. The molecule has 0 saturated heterocycles. The Labute approximate surface area is 179 Å². The molecule has 5 nitrogen and oxygen atoms in total. The van der Waals surface area contributed by atoms with Gasteiger partial charge in [0.2, 0.25) is 12.1 Å². The SMILES string of the molecule is N#CC1=C(N)O[C@H]2[C@@H](C(C(F)(F)F)=NN2c2ccccc2)[C@@H]1c1c(Cl)cccc1Cl. The van der Waals surface area contributed by atoms with Gasteiger partial charge in [-0.3, -0.25) is 0 Å². The Balaban J connectivity index is 1.96. The molecule has 0 aliphatic carbocycles. The number of nitriles is 1. The molecule has 10 heteroatoms. The van der Waals surface area contributed by atoms with Crippen molar-refractivity contribution in [3.8, 4) is 6.07 Å². The van der Waals surface area contributed by atoms with Crippen LogP contribution in [0.15, 0.2) is 65.1 Å². The molecule has 2 aliphatic heterocycles. The number of benzene rings is 2. The molecular weight excluding hydrogens is 440 g/mol. The summed E-state index contributed by atoms with van der Waals surface area (Å²) in [5, 5.41) is 14.9. The second-order valence-electron chi connectivity index (χ2n) is 6.70. The highest BCUT2D eigenvalue weighted by molar-refractivity contribution is 6.36. The summed E-state index contributed by atoms with van der Waals surface area (Å²) >= 11 is 12.6. The number of para-hydroxylation sites is 1. The van der Waals surface area contributed by atoms with E-state index >= 15 is 0 Å². The largest absolute Gasteiger partial charge is 0.452 e. The Morgan fingerprint density at radius 2 is 1.70 bits per heavy atom. The highest BCUT2D eigenvalue weighted by atomic mass is 35.5. The van der Waals surface area contributed by atoms with E-state index in [0.29, 0.717) is 5.69 Å². The van der Waals surface area contributed by atoms with Gasteiger partial charge in [0.15, 0.2) is 5.71 Å². The fourth-order valence-electron chi connectivity index (χ4n) is 3.79. The van der Waals surface area contributed by atoms with Gasteiger partial charge in [-0.25, -0.2) is 5.01 Å². The summed E-state index contributed by atoms with van der Waals surface area (Å²) in [7, 11) is 0. The molecule has 0 amide bonds. The summed E-state index contributed by atoms with van der Waals surface area (Å²) in [6, 6.07) is 14.7. The van der Waals surface area contributed by atoms with Crippen LogP contribution in [0.3, 0.4) is 0 Å². The quantitative estimate of drug-likeness (QED) is 0.680. The molecule has 2 aliphatic rings. The van der Waals surface area contributed by atoms with E-state index in [0.717, 1.165) is 5.01 Å². The van der Waals surface area contributed by atoms with Crippen molar-refractivity contribution in [1.29, 1.82) is 5.26 Å². The Morgan fingerprint density at radius 1 is 1.07 bits per heavy atom. The Kier molecular flexibility index (Phi) is 5.04. The van der Waals surface area contributed by atoms with Crippen LogP contribution in [0.5, 0.6) is 0 Å². The molecular formula is C20H13Cl2F3N4O. The molecule has 0 unspecified atom stereocenters. The molecule has 0 spiro atoms. The molecule has 4 rings (SSSR count). The van der Waals surface area contributed by atoms with Gasteiger partial charge in [-0.05, 0) is 29.8 Å². The third-order valence-electron chi connectivity index (χ3n) is 5.01. The molecule has 0 bridgehead atoms. The van der Waals surface area contributed by atoms with Gasteiger partial charge in [0, 0.05) is 16.0 Å². The number of halogens is 5. The maximum atomic E-state index is 14.0. The summed E-state index contributed by atoms with van der Waals surface area (Å²) < 4.78 is 47.7. The molecule has 3 atom stereocenters. The smallest absolute Gasteiger partial charge is 0.431 e. The number of anilines is 1. The number of hydrogen-bond acceptors (Lipinski definition) is 5. The van der Waals surface area contributed by atoms with Crippen molar-refractivity contribution >= 4 is 34.6 Å². The number of allylic oxidation sites excluding steroid dienone is 1. The maximum absolute atomic E-state index is 14.0. The lowest BCUT2D eigenvalue weighted by Gasteiger charge is -2.38. The Bertz CT molecular complexity index is 1080. The first-order valence-corrected chi connectivity index (χ1v) is 9.50. The van der Waals surface area contributed by atoms with E-state index in [-0.39, 0.29) is 27.1 Å². The van der Waals surface area contributed by atoms with Crippen molar-refractivity contribution < 1.29 is 17.9 Å². The van der Waals surface area contributed by atoms with Crippen LogP contribution in [0.4, 0.5) is 18.9 Å². The van der Waals surface area contributed by atoms with Crippen LogP contribution < -0.4 is 10.7 Å². The predicted octanol–water partition coefficient (Wildman–Crippen LogP) is 5.18. The summed E-state index contributed by atoms with van der Waals surface area (Å²) in [5.41, 5.74) is 5.23. The maximum Gasteiger partial charge on any atom is 0.431 e. The van der Waals surface area contributed by atoms with E-state index < -0.39 is 30.0 Å². The Hall–Kier alpha value is -2.89. The molecule has 2 aromatic rings. The summed E-state index contributed by atoms with van der Waals surface area (Å²) in [6.07, 6.45) is -6.02. The average Bonchev–Trinajstić information content (AvgIpc) is 3.08. The third kappa shape index (κ3) is 3.24. The van der Waals surface area contributed by atoms with E-state index in [1.807, 2.05) is 6.07 Å². The molecule has 0 aromatic heterocycles. The van der Waals surface area contributed by atoms with Crippen LogP contribution in [-0.2, 0) is 4.74 Å². The van der Waals surface area contributed by atoms with E-state index in [4.69, 9.17) is 33.7 Å². The topological polar surface area (TPSA) is 74.6 Å². The van der Waals surface area contributed by atoms with Gasteiger partial charge in [0.1, 0.15) is 6.07 Å². The first-order chi connectivity index (χ1) is 14.2. The lowest BCUT2D eigenvalue weighted by Crippen LogP contribution is -2.46. The minimum Gasteiger partial charge on any atom is -0.452 e. The van der Waals surface area contributed by atoms with Gasteiger partial charge in [-0.2, -0.15) is 23.5 Å². The molecule has 2 aromatic carbocycles. The molecule has 0 fully saturated rings. The Morgan fingerprint density at radius 3 is 2.27 bits per heavy atom. The molecule has 30 heavy (non-hydrogen) atoms. The summed E-state index contributed by atoms with van der Waals surface area (Å²) in [5.74, 6) is -2.90. The normalized spacial score (nSPS) is 23.5. The van der Waals surface area contributed by atoms with Crippen LogP contribution in [-0.4, -0.2) is 18.1 Å². The lowest BCUT2D eigenvalue weighted by atomic mass is 9.76. The highest BCUT2D eigenvalue weighted by Crippen LogP contribution is 2.51. The van der Waals surface area contributed by atoms with Crippen LogP contribution in [0.25, 0.3) is 0 Å². The number of rotatable bonds is 2. The number of hydrazone groups is 1. The zero-order valence-corrected chi connectivity index (χ0v) is 16.6. The van der Waals surface area contributed by atoms with E-state index in [9.17, 15) is 18.4 Å². The van der Waals surface area contributed by atoms with Crippen molar-refractivity contribution in [2.45, 2.75) is 18.3 Å². The minimum atomic E-state index is -4.78. The van der Waals surface area contributed by atoms with Gasteiger partial charge in [-0.1, -0.05) is 47.5 Å². The predicted molar refractivity (Wildman–Crippen MR) is 107 cm³/mol.